The van der Waals surface area contributed by atoms with Gasteiger partial charge in [0.05, 0.1) is 18.2 Å². The summed E-state index contributed by atoms with van der Waals surface area (Å²) in [4.78, 5) is 22.5. The van der Waals surface area contributed by atoms with Crippen molar-refractivity contribution in [1.82, 2.24) is 0 Å². The molecule has 244 valence electrons. The standard InChI is InChI=1S/C39H60N2O3/c1-25(42)44-33-27(20-29(35(5,6)7)22-31(33)37(11,12)13)24-41-39(16,17)38(14,15)40-23-26-19-28(34(2,3)4)21-30(32(26)43-18)36(8,9)10/h19-24H,1-18H3. The summed E-state index contributed by atoms with van der Waals surface area (Å²) in [5.74, 6) is 1.07. The third kappa shape index (κ3) is 8.82. The molecule has 0 aliphatic heterocycles. The summed E-state index contributed by atoms with van der Waals surface area (Å²) in [6, 6.07) is 8.73. The van der Waals surface area contributed by atoms with Crippen LogP contribution >= 0.6 is 0 Å². The first-order valence-electron chi connectivity index (χ1n) is 15.8. The smallest absolute Gasteiger partial charge is 0.308 e. The molecule has 0 N–H and O–H groups in total. The van der Waals surface area contributed by atoms with Crippen LogP contribution in [0.1, 0.15) is 151 Å². The number of nitrogens with zero attached hydrogens (tertiary/aromatic N) is 2. The highest BCUT2D eigenvalue weighted by Crippen LogP contribution is 2.40. The van der Waals surface area contributed by atoms with Gasteiger partial charge in [0.1, 0.15) is 11.5 Å². The topological polar surface area (TPSA) is 60.3 Å². The van der Waals surface area contributed by atoms with Crippen LogP contribution < -0.4 is 9.47 Å². The lowest BCUT2D eigenvalue weighted by atomic mass is 9.78. The van der Waals surface area contributed by atoms with E-state index in [0.29, 0.717) is 5.75 Å². The molecule has 0 bridgehead atoms. The predicted molar refractivity (Wildman–Crippen MR) is 189 cm³/mol. The van der Waals surface area contributed by atoms with Crippen LogP contribution in [-0.2, 0) is 26.5 Å². The Balaban J connectivity index is 2.71. The van der Waals surface area contributed by atoms with Crippen LogP contribution in [0, 0.1) is 0 Å². The fourth-order valence-corrected chi connectivity index (χ4v) is 4.74. The van der Waals surface area contributed by atoms with E-state index in [1.54, 1.807) is 7.11 Å². The highest BCUT2D eigenvalue weighted by molar-refractivity contribution is 5.88. The maximum atomic E-state index is 12.2. The number of hydrogen-bond acceptors (Lipinski definition) is 5. The second-order valence-corrected chi connectivity index (χ2v) is 17.3. The molecule has 0 unspecified atom stereocenters. The molecule has 0 aliphatic rings. The van der Waals surface area contributed by atoms with Gasteiger partial charge in [-0.2, -0.15) is 0 Å². The van der Waals surface area contributed by atoms with Crippen molar-refractivity contribution in [1.29, 1.82) is 0 Å². The molecule has 0 radical (unpaired) electrons. The Morgan fingerprint density at radius 2 is 0.909 bits per heavy atom. The molecular formula is C39H60N2O3. The maximum Gasteiger partial charge on any atom is 0.308 e. The predicted octanol–water partition coefficient (Wildman–Crippen LogP) is 9.91. The summed E-state index contributed by atoms with van der Waals surface area (Å²) in [6.45, 7) is 36.1. The lowest BCUT2D eigenvalue weighted by Gasteiger charge is -2.35. The Morgan fingerprint density at radius 1 is 0.568 bits per heavy atom. The number of ether oxygens (including phenoxy) is 2. The van der Waals surface area contributed by atoms with Gasteiger partial charge in [-0.05, 0) is 72.6 Å². The van der Waals surface area contributed by atoms with Gasteiger partial charge in [0, 0.05) is 41.6 Å². The molecule has 2 aromatic carbocycles. The zero-order valence-electron chi connectivity index (χ0n) is 31.1. The van der Waals surface area contributed by atoms with E-state index in [4.69, 9.17) is 19.5 Å². The Bertz CT molecular complexity index is 1410. The number of carbonyl (C=O) groups is 1. The van der Waals surface area contributed by atoms with E-state index in [9.17, 15) is 4.79 Å². The van der Waals surface area contributed by atoms with E-state index in [-0.39, 0.29) is 27.6 Å². The largest absolute Gasteiger partial charge is 0.496 e. The molecule has 5 heteroatoms. The van der Waals surface area contributed by atoms with Crippen molar-refractivity contribution in [2.24, 2.45) is 9.98 Å². The molecule has 0 aromatic heterocycles. The Kier molecular flexibility index (Phi) is 10.5. The van der Waals surface area contributed by atoms with E-state index in [1.165, 1.54) is 12.5 Å². The number of hydrogen-bond donors (Lipinski definition) is 0. The molecule has 0 atom stereocenters. The van der Waals surface area contributed by atoms with Crippen LogP contribution in [0.5, 0.6) is 11.5 Å². The Labute approximate surface area is 269 Å². The van der Waals surface area contributed by atoms with Gasteiger partial charge in [0.15, 0.2) is 0 Å². The van der Waals surface area contributed by atoms with Crippen molar-refractivity contribution in [3.63, 3.8) is 0 Å². The number of benzene rings is 2. The molecule has 0 heterocycles. The fourth-order valence-electron chi connectivity index (χ4n) is 4.74. The van der Waals surface area contributed by atoms with Crippen molar-refractivity contribution in [3.05, 3.63) is 57.6 Å². The molecule has 44 heavy (non-hydrogen) atoms. The Hall–Kier alpha value is -2.95. The minimum absolute atomic E-state index is 0.0267. The van der Waals surface area contributed by atoms with Crippen LogP contribution in [0.2, 0.25) is 0 Å². The second-order valence-electron chi connectivity index (χ2n) is 17.3. The normalized spacial score (nSPS) is 14.0. The van der Waals surface area contributed by atoms with Gasteiger partial charge in [-0.15, -0.1) is 0 Å². The second kappa shape index (κ2) is 12.4. The SMILES string of the molecule is COc1c(C=NC(C)(C)C(C)(C)N=Cc2cc(C(C)(C)C)cc(C(C)(C)C)c2OC(C)=O)cc(C(C)(C)C)cc1C(C)(C)C. The number of esters is 1. The molecule has 0 saturated carbocycles. The van der Waals surface area contributed by atoms with Gasteiger partial charge in [-0.1, -0.05) is 95.2 Å². The first kappa shape index (κ1) is 37.2. The summed E-state index contributed by atoms with van der Waals surface area (Å²) in [7, 11) is 1.73. The number of aliphatic imine (C=N–C) groups is 2. The van der Waals surface area contributed by atoms with E-state index in [1.807, 2.05) is 12.4 Å². The van der Waals surface area contributed by atoms with E-state index in [0.717, 1.165) is 33.6 Å². The molecule has 0 fully saturated rings. The van der Waals surface area contributed by atoms with Crippen LogP contribution in [0.4, 0.5) is 0 Å². The zero-order valence-corrected chi connectivity index (χ0v) is 31.1. The van der Waals surface area contributed by atoms with Crippen molar-refractivity contribution in [3.8, 4) is 11.5 Å². The van der Waals surface area contributed by atoms with Crippen LogP contribution in [-0.4, -0.2) is 36.6 Å². The summed E-state index contributed by atoms with van der Waals surface area (Å²) in [6.07, 6.45) is 3.81. The summed E-state index contributed by atoms with van der Waals surface area (Å²) < 4.78 is 11.8. The van der Waals surface area contributed by atoms with Crippen molar-refractivity contribution in [2.45, 2.75) is 150 Å². The third-order valence-corrected chi connectivity index (χ3v) is 8.58. The summed E-state index contributed by atoms with van der Waals surface area (Å²) in [5.41, 5.74) is 4.67. The average molecular weight is 605 g/mol. The molecule has 5 nitrogen and oxygen atoms in total. The van der Waals surface area contributed by atoms with E-state index in [2.05, 4.69) is 135 Å². The zero-order chi connectivity index (χ0) is 34.3. The molecular weight excluding hydrogens is 544 g/mol. The highest BCUT2D eigenvalue weighted by Gasteiger charge is 2.36. The molecule has 0 saturated heterocycles. The van der Waals surface area contributed by atoms with Gasteiger partial charge in [0.25, 0.3) is 0 Å². The summed E-state index contributed by atoms with van der Waals surface area (Å²) >= 11 is 0. The molecule has 2 rings (SSSR count). The maximum absolute atomic E-state index is 12.2. The van der Waals surface area contributed by atoms with Crippen molar-refractivity contribution in [2.75, 3.05) is 7.11 Å². The summed E-state index contributed by atoms with van der Waals surface area (Å²) in [5, 5.41) is 0. The number of carbonyl (C=O) groups excluding carboxylic acids is 1. The fraction of sp³-hybridized carbons (Fsp3) is 0.615. The third-order valence-electron chi connectivity index (χ3n) is 8.58. The van der Waals surface area contributed by atoms with E-state index >= 15 is 0 Å². The number of methoxy groups -OCH3 is 1. The Morgan fingerprint density at radius 3 is 1.20 bits per heavy atom. The first-order chi connectivity index (χ1) is 19.6. The van der Waals surface area contributed by atoms with Crippen molar-refractivity contribution < 1.29 is 14.3 Å². The first-order valence-corrected chi connectivity index (χ1v) is 15.8. The minimum atomic E-state index is -0.599. The quantitative estimate of drug-likeness (QED) is 0.179. The van der Waals surface area contributed by atoms with Crippen LogP contribution in [0.25, 0.3) is 0 Å². The van der Waals surface area contributed by atoms with Crippen molar-refractivity contribution >= 4 is 18.4 Å². The minimum Gasteiger partial charge on any atom is -0.496 e. The molecule has 2 aromatic rings. The highest BCUT2D eigenvalue weighted by atomic mass is 16.5. The van der Waals surface area contributed by atoms with Crippen LogP contribution in [0.15, 0.2) is 34.3 Å². The molecule has 0 spiro atoms. The lowest BCUT2D eigenvalue weighted by molar-refractivity contribution is -0.131. The monoisotopic (exact) mass is 604 g/mol. The van der Waals surface area contributed by atoms with Gasteiger partial charge < -0.3 is 9.47 Å². The average Bonchev–Trinajstić information content (AvgIpc) is 2.83. The molecule has 0 amide bonds. The van der Waals surface area contributed by atoms with Gasteiger partial charge in [0.2, 0.25) is 0 Å². The number of rotatable bonds is 7. The lowest BCUT2D eigenvalue weighted by Crippen LogP contribution is -2.42. The van der Waals surface area contributed by atoms with E-state index < -0.39 is 11.1 Å². The van der Waals surface area contributed by atoms with Gasteiger partial charge in [-0.25, -0.2) is 0 Å². The van der Waals surface area contributed by atoms with Gasteiger partial charge in [-0.3, -0.25) is 14.8 Å². The van der Waals surface area contributed by atoms with Crippen LogP contribution in [0.3, 0.4) is 0 Å². The molecule has 0 aliphatic carbocycles. The van der Waals surface area contributed by atoms with Gasteiger partial charge >= 0.3 is 5.97 Å².